The van der Waals surface area contributed by atoms with Crippen molar-refractivity contribution in [3.05, 3.63) is 34.9 Å². The minimum absolute atomic E-state index is 0.409. The van der Waals surface area contributed by atoms with E-state index in [0.717, 1.165) is 5.56 Å². The summed E-state index contributed by atoms with van der Waals surface area (Å²) in [5.74, 6) is 0. The van der Waals surface area contributed by atoms with Gasteiger partial charge in [-0.1, -0.05) is 33.6 Å². The molecule has 1 rings (SSSR count). The monoisotopic (exact) mass is 283 g/mol. The Morgan fingerprint density at radius 1 is 1.44 bits per heavy atom. The third-order valence-electron chi connectivity index (χ3n) is 2.42. The number of aliphatic hydroxyl groups excluding tert-OH is 2. The first-order valence-corrected chi connectivity index (χ1v) is 6.15. The lowest BCUT2D eigenvalue weighted by molar-refractivity contribution is 0.0172. The molecule has 0 heterocycles. The van der Waals surface area contributed by atoms with Crippen LogP contribution < -0.4 is 0 Å². The lowest BCUT2D eigenvalue weighted by Crippen LogP contribution is -2.19. The highest BCUT2D eigenvalue weighted by molar-refractivity contribution is 9.09. The normalized spacial score (nSPS) is 14.2. The van der Waals surface area contributed by atoms with E-state index < -0.39 is 12.2 Å². The highest BCUT2D eigenvalue weighted by Crippen LogP contribution is 2.23. The Morgan fingerprint density at radius 2 is 2.12 bits per heavy atom. The van der Waals surface area contributed by atoms with Crippen molar-refractivity contribution in [2.45, 2.75) is 25.6 Å². The Hall–Kier alpha value is -0.890. The summed E-state index contributed by atoms with van der Waals surface area (Å²) in [6, 6.07) is 7.23. The van der Waals surface area contributed by atoms with E-state index in [0.29, 0.717) is 22.9 Å². The molecular formula is C12H14BrNO2. The second-order valence-electron chi connectivity index (χ2n) is 3.69. The first-order valence-electron chi connectivity index (χ1n) is 5.03. The van der Waals surface area contributed by atoms with Gasteiger partial charge in [-0.2, -0.15) is 5.26 Å². The molecule has 2 atom stereocenters. The number of aryl methyl sites for hydroxylation is 1. The van der Waals surface area contributed by atoms with Crippen LogP contribution in [0.2, 0.25) is 0 Å². The summed E-state index contributed by atoms with van der Waals surface area (Å²) in [6.07, 6.45) is -1.42. The van der Waals surface area contributed by atoms with Crippen LogP contribution in [-0.4, -0.2) is 21.6 Å². The van der Waals surface area contributed by atoms with E-state index in [1.165, 1.54) is 0 Å². The van der Waals surface area contributed by atoms with Crippen molar-refractivity contribution in [1.82, 2.24) is 0 Å². The van der Waals surface area contributed by atoms with Crippen LogP contribution in [0.1, 0.15) is 29.2 Å². The van der Waals surface area contributed by atoms with E-state index in [4.69, 9.17) is 5.26 Å². The molecule has 0 aliphatic carbocycles. The summed E-state index contributed by atoms with van der Waals surface area (Å²) < 4.78 is 0. The molecule has 0 radical (unpaired) electrons. The number of hydrogen-bond acceptors (Lipinski definition) is 3. The van der Waals surface area contributed by atoms with E-state index in [-0.39, 0.29) is 0 Å². The molecule has 0 saturated heterocycles. The minimum atomic E-state index is -1.01. The smallest absolute Gasteiger partial charge is 0.106 e. The van der Waals surface area contributed by atoms with E-state index in [2.05, 4.69) is 15.9 Å². The Labute approximate surface area is 103 Å². The predicted octanol–water partition coefficient (Wildman–Crippen LogP) is 2.05. The first kappa shape index (κ1) is 13.2. The van der Waals surface area contributed by atoms with E-state index in [1.807, 2.05) is 19.1 Å². The van der Waals surface area contributed by atoms with Crippen molar-refractivity contribution in [1.29, 1.82) is 5.26 Å². The van der Waals surface area contributed by atoms with Crippen LogP contribution in [0.4, 0.5) is 0 Å². The number of hydrogen-bond donors (Lipinski definition) is 2. The van der Waals surface area contributed by atoms with E-state index in [9.17, 15) is 10.2 Å². The van der Waals surface area contributed by atoms with Crippen LogP contribution in [0.5, 0.6) is 0 Å². The Morgan fingerprint density at radius 3 is 2.69 bits per heavy atom. The third kappa shape index (κ3) is 3.05. The number of alkyl halides is 1. The van der Waals surface area contributed by atoms with E-state index in [1.54, 1.807) is 12.1 Å². The molecule has 0 spiro atoms. The molecule has 1 aromatic rings. The predicted molar refractivity (Wildman–Crippen MR) is 65.3 cm³/mol. The number of benzene rings is 1. The van der Waals surface area contributed by atoms with Gasteiger partial charge in [-0.25, -0.2) is 0 Å². The van der Waals surface area contributed by atoms with Gasteiger partial charge in [-0.05, 0) is 19.4 Å². The molecule has 0 saturated carbocycles. The lowest BCUT2D eigenvalue weighted by Gasteiger charge is -2.18. The fraction of sp³-hybridized carbons (Fsp3) is 0.417. The topological polar surface area (TPSA) is 64.2 Å². The Kier molecular flexibility index (Phi) is 4.94. The molecule has 0 aromatic heterocycles. The summed E-state index contributed by atoms with van der Waals surface area (Å²) in [4.78, 5) is 0. The molecule has 1 aromatic carbocycles. The molecule has 2 unspecified atom stereocenters. The zero-order valence-electron chi connectivity index (χ0n) is 9.02. The van der Waals surface area contributed by atoms with Crippen molar-refractivity contribution in [3.63, 3.8) is 0 Å². The maximum atomic E-state index is 9.93. The van der Waals surface area contributed by atoms with E-state index >= 15 is 0 Å². The van der Waals surface area contributed by atoms with Crippen molar-refractivity contribution in [2.75, 3.05) is 5.33 Å². The highest BCUT2D eigenvalue weighted by atomic mass is 79.9. The van der Waals surface area contributed by atoms with Crippen molar-refractivity contribution in [2.24, 2.45) is 0 Å². The van der Waals surface area contributed by atoms with Gasteiger partial charge in [0.15, 0.2) is 0 Å². The number of nitriles is 1. The number of nitrogens with zero attached hydrogens (tertiary/aromatic N) is 1. The summed E-state index contributed by atoms with van der Waals surface area (Å²) >= 11 is 3.20. The standard InChI is InChI=1S/C12H14BrNO2/c1-8-2-3-9(7-14)10(6-8)12(16)11(15)4-5-13/h2-3,6,11-12,15-16H,4-5H2,1H3. The summed E-state index contributed by atoms with van der Waals surface area (Å²) in [6.45, 7) is 1.88. The van der Waals surface area contributed by atoms with Gasteiger partial charge in [-0.3, -0.25) is 0 Å². The SMILES string of the molecule is Cc1ccc(C#N)c(C(O)C(O)CCBr)c1. The summed E-state index contributed by atoms with van der Waals surface area (Å²) in [5, 5.41) is 29.2. The van der Waals surface area contributed by atoms with Gasteiger partial charge >= 0.3 is 0 Å². The Balaban J connectivity index is 3.02. The van der Waals surface area contributed by atoms with Crippen molar-refractivity contribution >= 4 is 15.9 Å². The molecule has 86 valence electrons. The van der Waals surface area contributed by atoms with Gasteiger partial charge in [0.1, 0.15) is 6.10 Å². The van der Waals surface area contributed by atoms with Crippen LogP contribution in [0, 0.1) is 18.3 Å². The summed E-state index contributed by atoms with van der Waals surface area (Å²) in [5.41, 5.74) is 1.86. The molecule has 0 bridgehead atoms. The van der Waals surface area contributed by atoms with Gasteiger partial charge in [0, 0.05) is 10.9 Å². The molecule has 0 aliphatic rings. The maximum absolute atomic E-state index is 9.93. The first-order chi connectivity index (χ1) is 7.60. The largest absolute Gasteiger partial charge is 0.390 e. The molecule has 4 heteroatoms. The molecule has 3 nitrogen and oxygen atoms in total. The maximum Gasteiger partial charge on any atom is 0.106 e. The molecule has 0 fully saturated rings. The second kappa shape index (κ2) is 6.00. The molecule has 2 N–H and O–H groups in total. The quantitative estimate of drug-likeness (QED) is 0.832. The third-order valence-corrected chi connectivity index (χ3v) is 2.87. The Bertz CT molecular complexity index is 400. The molecule has 0 aliphatic heterocycles. The zero-order chi connectivity index (χ0) is 12.1. The average Bonchev–Trinajstić information content (AvgIpc) is 2.28. The van der Waals surface area contributed by atoms with Crippen molar-refractivity contribution < 1.29 is 10.2 Å². The van der Waals surface area contributed by atoms with Crippen molar-refractivity contribution in [3.8, 4) is 6.07 Å². The van der Waals surface area contributed by atoms with Crippen LogP contribution in [-0.2, 0) is 0 Å². The fourth-order valence-electron chi connectivity index (χ4n) is 1.51. The van der Waals surface area contributed by atoms with Gasteiger partial charge in [0.05, 0.1) is 17.7 Å². The zero-order valence-corrected chi connectivity index (χ0v) is 10.6. The lowest BCUT2D eigenvalue weighted by atomic mass is 9.96. The fourth-order valence-corrected chi connectivity index (χ4v) is 1.97. The van der Waals surface area contributed by atoms with Crippen LogP contribution >= 0.6 is 15.9 Å². The van der Waals surface area contributed by atoms with Crippen LogP contribution in [0.25, 0.3) is 0 Å². The van der Waals surface area contributed by atoms with Gasteiger partial charge in [-0.15, -0.1) is 0 Å². The number of halogens is 1. The van der Waals surface area contributed by atoms with Crippen LogP contribution in [0.3, 0.4) is 0 Å². The van der Waals surface area contributed by atoms with Gasteiger partial charge < -0.3 is 10.2 Å². The molecule has 16 heavy (non-hydrogen) atoms. The van der Waals surface area contributed by atoms with Gasteiger partial charge in [0.2, 0.25) is 0 Å². The highest BCUT2D eigenvalue weighted by Gasteiger charge is 2.20. The van der Waals surface area contributed by atoms with Gasteiger partial charge in [0.25, 0.3) is 0 Å². The number of aliphatic hydroxyl groups is 2. The second-order valence-corrected chi connectivity index (χ2v) is 4.49. The number of rotatable bonds is 4. The summed E-state index contributed by atoms with van der Waals surface area (Å²) in [7, 11) is 0. The molecular weight excluding hydrogens is 270 g/mol. The van der Waals surface area contributed by atoms with Crippen LogP contribution in [0.15, 0.2) is 18.2 Å². The molecule has 0 amide bonds. The average molecular weight is 284 g/mol. The minimum Gasteiger partial charge on any atom is -0.390 e.